The van der Waals surface area contributed by atoms with Gasteiger partial charge in [-0.05, 0) is 23.8 Å². The predicted octanol–water partition coefficient (Wildman–Crippen LogP) is 1.76. The van der Waals surface area contributed by atoms with Gasteiger partial charge >= 0.3 is 0 Å². The lowest BCUT2D eigenvalue weighted by Crippen LogP contribution is -2.18. The largest absolute Gasteiger partial charge is 0.497 e. The van der Waals surface area contributed by atoms with Gasteiger partial charge in [0.2, 0.25) is 0 Å². The Labute approximate surface area is 125 Å². The Kier molecular flexibility index (Phi) is 4.76. The summed E-state index contributed by atoms with van der Waals surface area (Å²) in [5.41, 5.74) is 2.89. The molecule has 1 heterocycles. The van der Waals surface area contributed by atoms with Crippen molar-refractivity contribution < 1.29 is 14.5 Å². The lowest BCUT2D eigenvalue weighted by molar-refractivity contribution is -0.385. The Morgan fingerprint density at radius 2 is 2.23 bits per heavy atom. The fourth-order valence-corrected chi connectivity index (χ4v) is 1.57. The molecule has 0 saturated carbocycles. The third-order valence-corrected chi connectivity index (χ3v) is 2.66. The van der Waals surface area contributed by atoms with E-state index in [9.17, 15) is 14.9 Å². The molecule has 0 bridgehead atoms. The average Bonchev–Trinajstić information content (AvgIpc) is 2.55. The molecule has 1 aromatic heterocycles. The first-order valence-corrected chi connectivity index (χ1v) is 6.18. The maximum absolute atomic E-state index is 11.8. The number of ether oxygens (including phenoxy) is 1. The summed E-state index contributed by atoms with van der Waals surface area (Å²) in [6, 6.07) is 9.58. The molecule has 2 rings (SSSR count). The first-order chi connectivity index (χ1) is 10.6. The monoisotopic (exact) mass is 300 g/mol. The van der Waals surface area contributed by atoms with Crippen LogP contribution in [0.5, 0.6) is 5.75 Å². The second kappa shape index (κ2) is 6.93. The number of amides is 1. The van der Waals surface area contributed by atoms with Crippen molar-refractivity contribution >= 4 is 17.8 Å². The van der Waals surface area contributed by atoms with Gasteiger partial charge in [0.1, 0.15) is 17.6 Å². The van der Waals surface area contributed by atoms with Crippen molar-refractivity contribution in [1.29, 1.82) is 0 Å². The first kappa shape index (κ1) is 15.1. The van der Waals surface area contributed by atoms with E-state index in [4.69, 9.17) is 4.74 Å². The van der Waals surface area contributed by atoms with Crippen molar-refractivity contribution in [3.63, 3.8) is 0 Å². The molecule has 0 aliphatic carbocycles. The number of hydrogen-bond donors (Lipinski definition) is 1. The van der Waals surface area contributed by atoms with Crippen molar-refractivity contribution in [2.24, 2.45) is 5.10 Å². The molecule has 2 aromatic rings. The molecule has 1 N–H and O–H groups in total. The number of hydrazone groups is 1. The molecule has 1 amide bonds. The number of carbonyl (C=O) groups excluding carboxylic acids is 1. The highest BCUT2D eigenvalue weighted by Gasteiger charge is 2.10. The van der Waals surface area contributed by atoms with Crippen LogP contribution in [0, 0.1) is 10.1 Å². The van der Waals surface area contributed by atoms with Gasteiger partial charge in [0.05, 0.1) is 18.2 Å². The van der Waals surface area contributed by atoms with Crippen molar-refractivity contribution in [2.75, 3.05) is 7.11 Å². The molecule has 8 nitrogen and oxygen atoms in total. The van der Waals surface area contributed by atoms with Gasteiger partial charge in [0, 0.05) is 6.07 Å². The first-order valence-electron chi connectivity index (χ1n) is 6.18. The van der Waals surface area contributed by atoms with Gasteiger partial charge in [0.15, 0.2) is 0 Å². The van der Waals surface area contributed by atoms with E-state index in [0.29, 0.717) is 5.75 Å². The number of nitro groups is 1. The number of hydrogen-bond acceptors (Lipinski definition) is 6. The Hall–Kier alpha value is -3.29. The van der Waals surface area contributed by atoms with Crippen LogP contribution >= 0.6 is 0 Å². The zero-order valence-corrected chi connectivity index (χ0v) is 11.6. The van der Waals surface area contributed by atoms with Gasteiger partial charge in [-0.3, -0.25) is 14.9 Å². The van der Waals surface area contributed by atoms with Crippen LogP contribution in [0.4, 0.5) is 5.69 Å². The summed E-state index contributed by atoms with van der Waals surface area (Å²) in [4.78, 5) is 25.4. The van der Waals surface area contributed by atoms with E-state index < -0.39 is 10.8 Å². The summed E-state index contributed by atoms with van der Waals surface area (Å²) in [5, 5.41) is 14.3. The van der Waals surface area contributed by atoms with Gasteiger partial charge in [0.25, 0.3) is 11.6 Å². The maximum Gasteiger partial charge on any atom is 0.289 e. The summed E-state index contributed by atoms with van der Waals surface area (Å²) < 4.78 is 5.07. The van der Waals surface area contributed by atoms with Crippen molar-refractivity contribution in [2.45, 2.75) is 0 Å². The Morgan fingerprint density at radius 3 is 2.86 bits per heavy atom. The number of methoxy groups -OCH3 is 1. The topological polar surface area (TPSA) is 107 Å². The Morgan fingerprint density at radius 1 is 1.41 bits per heavy atom. The number of aromatic nitrogens is 1. The van der Waals surface area contributed by atoms with Crippen molar-refractivity contribution in [1.82, 2.24) is 10.4 Å². The maximum atomic E-state index is 11.8. The molecule has 112 valence electrons. The predicted molar refractivity (Wildman–Crippen MR) is 78.9 cm³/mol. The number of pyridine rings is 1. The molecule has 0 unspecified atom stereocenters. The highest BCUT2D eigenvalue weighted by molar-refractivity contribution is 5.93. The molecule has 8 heteroatoms. The minimum absolute atomic E-state index is 0.0355. The molecule has 0 fully saturated rings. The number of nitrogens with zero attached hydrogens (tertiary/aromatic N) is 3. The van der Waals surface area contributed by atoms with E-state index in [1.54, 1.807) is 31.4 Å². The number of rotatable bonds is 5. The van der Waals surface area contributed by atoms with E-state index in [1.807, 2.05) is 0 Å². The zero-order chi connectivity index (χ0) is 15.9. The van der Waals surface area contributed by atoms with Crippen LogP contribution in [-0.2, 0) is 0 Å². The fourth-order valence-electron chi connectivity index (χ4n) is 1.57. The third kappa shape index (κ3) is 3.85. The summed E-state index contributed by atoms with van der Waals surface area (Å²) in [6.45, 7) is 0. The SMILES string of the molecule is COc1cccc(/C=N/NC(=O)c2ccc([N+](=O)[O-])cn2)c1. The molecule has 0 spiro atoms. The van der Waals surface area contributed by atoms with Crippen LogP contribution in [0.3, 0.4) is 0 Å². The third-order valence-electron chi connectivity index (χ3n) is 2.66. The van der Waals surface area contributed by atoms with Crippen molar-refractivity contribution in [3.05, 3.63) is 64.0 Å². The number of benzene rings is 1. The van der Waals surface area contributed by atoms with Crippen LogP contribution in [0.1, 0.15) is 16.1 Å². The molecule has 0 radical (unpaired) electrons. The molecular weight excluding hydrogens is 288 g/mol. The molecule has 0 aliphatic rings. The number of nitrogens with one attached hydrogen (secondary N) is 1. The van der Waals surface area contributed by atoms with Gasteiger partial charge in [-0.2, -0.15) is 5.10 Å². The lowest BCUT2D eigenvalue weighted by atomic mass is 10.2. The van der Waals surface area contributed by atoms with E-state index >= 15 is 0 Å². The minimum atomic E-state index is -0.588. The summed E-state index contributed by atoms with van der Waals surface area (Å²) in [7, 11) is 1.55. The lowest BCUT2D eigenvalue weighted by Gasteiger charge is -2.00. The second-order valence-corrected chi connectivity index (χ2v) is 4.13. The molecule has 0 atom stereocenters. The van der Waals surface area contributed by atoms with Crippen LogP contribution in [0.2, 0.25) is 0 Å². The van der Waals surface area contributed by atoms with Gasteiger partial charge < -0.3 is 4.74 Å². The number of carbonyl (C=O) groups is 1. The molecule has 0 aliphatic heterocycles. The highest BCUT2D eigenvalue weighted by atomic mass is 16.6. The van der Waals surface area contributed by atoms with E-state index in [1.165, 1.54) is 18.3 Å². The van der Waals surface area contributed by atoms with Crippen LogP contribution < -0.4 is 10.2 Å². The highest BCUT2D eigenvalue weighted by Crippen LogP contribution is 2.11. The van der Waals surface area contributed by atoms with E-state index in [2.05, 4.69) is 15.5 Å². The molecule has 22 heavy (non-hydrogen) atoms. The Balaban J connectivity index is 1.99. The standard InChI is InChI=1S/C14H12N4O4/c1-22-12-4-2-3-10(7-12)8-16-17-14(19)13-6-5-11(9-15-13)18(20)21/h2-9H,1H3,(H,17,19)/b16-8+. The van der Waals surface area contributed by atoms with Gasteiger partial charge in [-0.15, -0.1) is 0 Å². The quantitative estimate of drug-likeness (QED) is 0.514. The van der Waals surface area contributed by atoms with E-state index in [0.717, 1.165) is 11.8 Å². The summed E-state index contributed by atoms with van der Waals surface area (Å²) >= 11 is 0. The smallest absolute Gasteiger partial charge is 0.289 e. The average molecular weight is 300 g/mol. The molecule has 0 saturated heterocycles. The molecule has 1 aromatic carbocycles. The van der Waals surface area contributed by atoms with Crippen LogP contribution in [0.15, 0.2) is 47.7 Å². The molecular formula is C14H12N4O4. The van der Waals surface area contributed by atoms with Crippen LogP contribution in [-0.4, -0.2) is 29.1 Å². The zero-order valence-electron chi connectivity index (χ0n) is 11.6. The van der Waals surface area contributed by atoms with E-state index in [-0.39, 0.29) is 11.4 Å². The Bertz CT molecular complexity index is 713. The van der Waals surface area contributed by atoms with Crippen molar-refractivity contribution in [3.8, 4) is 5.75 Å². The fraction of sp³-hybridized carbons (Fsp3) is 0.0714. The minimum Gasteiger partial charge on any atom is -0.497 e. The van der Waals surface area contributed by atoms with Gasteiger partial charge in [-0.1, -0.05) is 12.1 Å². The summed E-state index contributed by atoms with van der Waals surface area (Å²) in [6.07, 6.45) is 2.46. The summed E-state index contributed by atoms with van der Waals surface area (Å²) in [5.74, 6) is 0.112. The normalized spacial score (nSPS) is 10.4. The van der Waals surface area contributed by atoms with Gasteiger partial charge in [-0.25, -0.2) is 10.4 Å². The van der Waals surface area contributed by atoms with Crippen LogP contribution in [0.25, 0.3) is 0 Å². The second-order valence-electron chi connectivity index (χ2n) is 4.13.